The number of thioether (sulfide) groups is 1. The molecule has 0 saturated carbocycles. The number of primary amides is 1. The summed E-state index contributed by atoms with van der Waals surface area (Å²) in [4.78, 5) is 64.4. The van der Waals surface area contributed by atoms with E-state index in [-0.39, 0.29) is 11.4 Å². The fourth-order valence-electron chi connectivity index (χ4n) is 4.37. The first-order valence-electron chi connectivity index (χ1n) is 10.4. The van der Waals surface area contributed by atoms with Gasteiger partial charge < -0.3 is 11.1 Å². The highest BCUT2D eigenvalue weighted by molar-refractivity contribution is 8.00. The molecule has 1 saturated heterocycles. The van der Waals surface area contributed by atoms with Crippen LogP contribution < -0.4 is 15.9 Å². The number of amides is 5. The molecule has 5 amide bonds. The number of carbonyl (C=O) groups is 4. The van der Waals surface area contributed by atoms with Gasteiger partial charge in [0.2, 0.25) is 11.8 Å². The maximum Gasteiger partial charge on any atom is 0.328 e. The molecule has 0 unspecified atom stereocenters. The number of nitrogens with two attached hydrogens (primary N) is 1. The highest BCUT2D eigenvalue weighted by Crippen LogP contribution is 2.53. The molecule has 35 heavy (non-hydrogen) atoms. The van der Waals surface area contributed by atoms with Crippen LogP contribution in [0.3, 0.4) is 0 Å². The van der Waals surface area contributed by atoms with Crippen molar-refractivity contribution in [3.05, 3.63) is 79.7 Å². The molecular formula is C23H17ClN4O5S2. The summed E-state index contributed by atoms with van der Waals surface area (Å²) >= 11 is 7.82. The lowest BCUT2D eigenvalue weighted by Crippen LogP contribution is -2.41. The summed E-state index contributed by atoms with van der Waals surface area (Å²) < 4.78 is 1.30. The molecule has 0 radical (unpaired) electrons. The predicted molar refractivity (Wildman–Crippen MR) is 132 cm³/mol. The quantitative estimate of drug-likeness (QED) is 0.500. The van der Waals surface area contributed by atoms with E-state index in [1.807, 2.05) is 6.07 Å². The topological polar surface area (TPSA) is 132 Å². The van der Waals surface area contributed by atoms with Crippen molar-refractivity contribution in [2.45, 2.75) is 22.7 Å². The molecule has 3 heterocycles. The second-order valence-corrected chi connectivity index (χ2v) is 10.5. The van der Waals surface area contributed by atoms with E-state index in [9.17, 15) is 24.0 Å². The molecule has 0 bridgehead atoms. The monoisotopic (exact) mass is 528 g/mol. The van der Waals surface area contributed by atoms with Gasteiger partial charge in [0.25, 0.3) is 5.91 Å². The Morgan fingerprint density at radius 3 is 2.34 bits per heavy atom. The van der Waals surface area contributed by atoms with Crippen molar-refractivity contribution in [3.63, 3.8) is 0 Å². The van der Waals surface area contributed by atoms with Crippen LogP contribution in [0, 0.1) is 5.92 Å². The average Bonchev–Trinajstić information content (AvgIpc) is 3.27. The smallest absolute Gasteiger partial charge is 0.328 e. The second kappa shape index (κ2) is 8.99. The number of urea groups is 1. The van der Waals surface area contributed by atoms with E-state index in [0.717, 1.165) is 28.7 Å². The van der Waals surface area contributed by atoms with Gasteiger partial charge in [0.05, 0.1) is 10.9 Å². The van der Waals surface area contributed by atoms with Crippen LogP contribution in [-0.4, -0.2) is 38.5 Å². The van der Waals surface area contributed by atoms with Gasteiger partial charge in [0, 0.05) is 21.5 Å². The van der Waals surface area contributed by atoms with Crippen LogP contribution in [0.1, 0.15) is 16.4 Å². The van der Waals surface area contributed by atoms with Gasteiger partial charge in [-0.05, 0) is 29.8 Å². The number of carbonyl (C=O) groups excluding carboxylic acids is 4. The molecule has 2 aromatic carbocycles. The Hall–Kier alpha value is -3.41. The number of aromatic nitrogens is 1. The number of anilines is 1. The third-order valence-electron chi connectivity index (χ3n) is 5.86. The minimum atomic E-state index is -1.13. The number of rotatable bonds is 4. The second-order valence-electron chi connectivity index (χ2n) is 7.98. The van der Waals surface area contributed by atoms with E-state index in [0.29, 0.717) is 25.5 Å². The lowest BCUT2D eigenvalue weighted by atomic mass is 9.83. The Morgan fingerprint density at radius 2 is 1.69 bits per heavy atom. The van der Waals surface area contributed by atoms with Gasteiger partial charge in [0.15, 0.2) is 0 Å². The Kier molecular flexibility index (Phi) is 5.99. The number of halogens is 1. The van der Waals surface area contributed by atoms with E-state index in [1.54, 1.807) is 48.5 Å². The van der Waals surface area contributed by atoms with Gasteiger partial charge in [-0.2, -0.15) is 4.90 Å². The van der Waals surface area contributed by atoms with Crippen LogP contribution in [0.4, 0.5) is 10.5 Å². The molecule has 0 spiro atoms. The van der Waals surface area contributed by atoms with Crippen LogP contribution in [0.15, 0.2) is 64.4 Å². The van der Waals surface area contributed by atoms with Gasteiger partial charge in [-0.1, -0.05) is 65.0 Å². The molecule has 3 N–H and O–H groups in total. The van der Waals surface area contributed by atoms with Crippen LogP contribution in [0.2, 0.25) is 5.02 Å². The number of imide groups is 3. The summed E-state index contributed by atoms with van der Waals surface area (Å²) in [6.07, 6.45) is 0. The summed E-state index contributed by atoms with van der Waals surface area (Å²) in [5, 5.41) is 2.71. The molecule has 3 atom stereocenters. The van der Waals surface area contributed by atoms with Gasteiger partial charge in [-0.25, -0.2) is 4.79 Å². The molecular weight excluding hydrogens is 512 g/mol. The molecule has 1 aromatic heterocycles. The Morgan fingerprint density at radius 1 is 1.00 bits per heavy atom. The van der Waals surface area contributed by atoms with Crippen LogP contribution >= 0.6 is 34.7 Å². The van der Waals surface area contributed by atoms with Crippen molar-refractivity contribution in [1.82, 2.24) is 9.47 Å². The lowest BCUT2D eigenvalue weighted by molar-refractivity contribution is -0.135. The van der Waals surface area contributed by atoms with Crippen molar-refractivity contribution in [2.75, 3.05) is 5.32 Å². The van der Waals surface area contributed by atoms with Crippen molar-refractivity contribution < 1.29 is 19.2 Å². The third kappa shape index (κ3) is 4.05. The molecule has 3 aromatic rings. The molecule has 0 aliphatic carbocycles. The predicted octanol–water partition coefficient (Wildman–Crippen LogP) is 2.87. The van der Waals surface area contributed by atoms with E-state index in [1.165, 1.54) is 4.57 Å². The average molecular weight is 529 g/mol. The first-order valence-corrected chi connectivity index (χ1v) is 12.5. The number of hydrogen-bond donors (Lipinski definition) is 2. The molecule has 2 aliphatic heterocycles. The Labute approximate surface area is 211 Å². The first kappa shape index (κ1) is 23.3. The standard InChI is InChI=1S/C23H17ClN4O5S2/c24-12-6-8-13(9-7-12)26-14(29)10-27-21-18(35-23(27)33)15(11-4-2-1-3-5-11)16-17(34-21)20(31)28(19(16)30)22(25)32/h1-9,15-17H,10H2,(H2,25,32)(H,26,29)/t15-,16+,17-/m0/s1. The number of fused-ring (bicyclic) bond motifs is 2. The van der Waals surface area contributed by atoms with Crippen LogP contribution in [0.5, 0.6) is 0 Å². The maximum atomic E-state index is 13.1. The zero-order valence-electron chi connectivity index (χ0n) is 17.8. The third-order valence-corrected chi connectivity index (χ3v) is 8.71. The SMILES string of the molecule is NC(=O)N1C(=O)[C@@H]2[C@H](c3ccccc3)c3sc(=O)n(CC(=O)Nc4ccc(Cl)cc4)c3S[C@@H]2C1=O. The lowest BCUT2D eigenvalue weighted by Gasteiger charge is -2.30. The van der Waals surface area contributed by atoms with E-state index < -0.39 is 40.8 Å². The number of hydrogen-bond acceptors (Lipinski definition) is 7. The zero-order chi connectivity index (χ0) is 24.9. The minimum absolute atomic E-state index is 0.291. The van der Waals surface area contributed by atoms with E-state index >= 15 is 0 Å². The van der Waals surface area contributed by atoms with Crippen molar-refractivity contribution in [2.24, 2.45) is 11.7 Å². The van der Waals surface area contributed by atoms with Gasteiger partial charge in [-0.15, -0.1) is 0 Å². The fraction of sp³-hybridized carbons (Fsp3) is 0.174. The number of nitrogens with one attached hydrogen (secondary N) is 1. The van der Waals surface area contributed by atoms with Crippen LogP contribution in [-0.2, 0) is 20.9 Å². The summed E-state index contributed by atoms with van der Waals surface area (Å²) in [5.41, 5.74) is 6.55. The van der Waals surface area contributed by atoms with Crippen molar-refractivity contribution in [3.8, 4) is 0 Å². The molecule has 9 nitrogen and oxygen atoms in total. The summed E-state index contributed by atoms with van der Waals surface area (Å²) in [6, 6.07) is 14.4. The summed E-state index contributed by atoms with van der Waals surface area (Å²) in [6.45, 7) is -0.291. The van der Waals surface area contributed by atoms with Crippen molar-refractivity contribution in [1.29, 1.82) is 0 Å². The number of thiazole rings is 1. The zero-order valence-corrected chi connectivity index (χ0v) is 20.2. The minimum Gasteiger partial charge on any atom is -0.351 e. The number of benzene rings is 2. The highest BCUT2D eigenvalue weighted by Gasteiger charge is 2.57. The van der Waals surface area contributed by atoms with Gasteiger partial charge >= 0.3 is 10.9 Å². The molecule has 5 rings (SSSR count). The Balaban J connectivity index is 1.55. The summed E-state index contributed by atoms with van der Waals surface area (Å²) in [7, 11) is 0. The largest absolute Gasteiger partial charge is 0.351 e. The van der Waals surface area contributed by atoms with Crippen molar-refractivity contribution >= 4 is 64.1 Å². The molecule has 2 aliphatic rings. The molecule has 12 heteroatoms. The first-order chi connectivity index (χ1) is 16.8. The number of likely N-dealkylation sites (tertiary alicyclic amines) is 1. The summed E-state index contributed by atoms with van der Waals surface area (Å²) in [5.74, 6) is -3.39. The molecule has 1 fully saturated rings. The van der Waals surface area contributed by atoms with Gasteiger partial charge in [0.1, 0.15) is 11.8 Å². The van der Waals surface area contributed by atoms with E-state index in [4.69, 9.17) is 17.3 Å². The van der Waals surface area contributed by atoms with Crippen LogP contribution in [0.25, 0.3) is 0 Å². The maximum absolute atomic E-state index is 13.1. The normalized spacial score (nSPS) is 20.9. The molecule has 178 valence electrons. The van der Waals surface area contributed by atoms with Gasteiger partial charge in [-0.3, -0.25) is 23.7 Å². The number of nitrogens with zero attached hydrogens (tertiary/aromatic N) is 2. The highest BCUT2D eigenvalue weighted by atomic mass is 35.5. The van der Waals surface area contributed by atoms with E-state index in [2.05, 4.69) is 5.32 Å². The Bertz CT molecular complexity index is 1420. The fourth-order valence-corrected chi connectivity index (χ4v) is 7.27.